The Kier molecular flexibility index (Phi) is 5.68. The SMILES string of the molecule is O=C(O)c1ccc(C=NN2CCN(Cc3ccc(Cl)cc3)CC2)cc1. The van der Waals surface area contributed by atoms with Crippen LogP contribution in [0.1, 0.15) is 21.5 Å². The summed E-state index contributed by atoms with van der Waals surface area (Å²) in [6.07, 6.45) is 1.78. The lowest BCUT2D eigenvalue weighted by Gasteiger charge is -2.33. The third-order valence-corrected chi connectivity index (χ3v) is 4.45. The number of hydrogen-bond acceptors (Lipinski definition) is 4. The highest BCUT2D eigenvalue weighted by Crippen LogP contribution is 2.13. The predicted molar refractivity (Wildman–Crippen MR) is 99.3 cm³/mol. The van der Waals surface area contributed by atoms with Crippen LogP contribution < -0.4 is 0 Å². The fourth-order valence-corrected chi connectivity index (χ4v) is 2.84. The van der Waals surface area contributed by atoms with Gasteiger partial charge in [-0.25, -0.2) is 4.79 Å². The Morgan fingerprint density at radius 3 is 2.28 bits per heavy atom. The lowest BCUT2D eigenvalue weighted by Crippen LogP contribution is -2.43. The van der Waals surface area contributed by atoms with Crippen molar-refractivity contribution in [2.24, 2.45) is 5.10 Å². The van der Waals surface area contributed by atoms with Crippen molar-refractivity contribution in [2.75, 3.05) is 26.2 Å². The molecule has 1 fully saturated rings. The van der Waals surface area contributed by atoms with Crippen molar-refractivity contribution in [3.8, 4) is 0 Å². The monoisotopic (exact) mass is 357 g/mol. The molecule has 0 unspecified atom stereocenters. The van der Waals surface area contributed by atoms with Crippen molar-refractivity contribution in [3.63, 3.8) is 0 Å². The van der Waals surface area contributed by atoms with E-state index in [4.69, 9.17) is 16.7 Å². The van der Waals surface area contributed by atoms with E-state index in [-0.39, 0.29) is 5.56 Å². The van der Waals surface area contributed by atoms with Gasteiger partial charge in [0.05, 0.1) is 11.8 Å². The van der Waals surface area contributed by atoms with E-state index in [1.807, 2.05) is 17.1 Å². The van der Waals surface area contributed by atoms with Crippen LogP contribution in [0.3, 0.4) is 0 Å². The summed E-state index contributed by atoms with van der Waals surface area (Å²) in [6.45, 7) is 4.58. The second kappa shape index (κ2) is 8.14. The smallest absolute Gasteiger partial charge is 0.335 e. The van der Waals surface area contributed by atoms with Gasteiger partial charge in [-0.15, -0.1) is 0 Å². The maximum atomic E-state index is 10.8. The molecule has 1 saturated heterocycles. The Morgan fingerprint density at radius 1 is 1.04 bits per heavy atom. The Bertz CT molecular complexity index is 736. The van der Waals surface area contributed by atoms with Crippen molar-refractivity contribution < 1.29 is 9.90 Å². The van der Waals surface area contributed by atoms with E-state index in [1.54, 1.807) is 30.5 Å². The molecule has 0 aliphatic carbocycles. The average molecular weight is 358 g/mol. The number of carbonyl (C=O) groups is 1. The summed E-state index contributed by atoms with van der Waals surface area (Å²) >= 11 is 5.92. The summed E-state index contributed by atoms with van der Waals surface area (Å²) in [5.74, 6) is -0.916. The van der Waals surface area contributed by atoms with Crippen LogP contribution in [0.4, 0.5) is 0 Å². The molecule has 0 radical (unpaired) electrons. The standard InChI is InChI=1S/C19H20ClN3O2/c20-18-7-3-16(4-8-18)14-22-9-11-23(12-10-22)21-13-15-1-5-17(6-2-15)19(24)25/h1-8,13H,9-12,14H2,(H,24,25). The van der Waals surface area contributed by atoms with Crippen LogP contribution in [0, 0.1) is 0 Å². The molecule has 5 nitrogen and oxygen atoms in total. The number of benzene rings is 2. The normalized spacial score (nSPS) is 15.6. The van der Waals surface area contributed by atoms with Crippen molar-refractivity contribution in [3.05, 3.63) is 70.2 Å². The van der Waals surface area contributed by atoms with E-state index in [0.29, 0.717) is 0 Å². The Hall–Kier alpha value is -2.37. The van der Waals surface area contributed by atoms with E-state index in [9.17, 15) is 4.79 Å². The highest BCUT2D eigenvalue weighted by molar-refractivity contribution is 6.30. The molecular weight excluding hydrogens is 338 g/mol. The van der Waals surface area contributed by atoms with E-state index in [2.05, 4.69) is 22.1 Å². The van der Waals surface area contributed by atoms with E-state index in [1.165, 1.54) is 5.56 Å². The second-order valence-corrected chi connectivity index (χ2v) is 6.46. The summed E-state index contributed by atoms with van der Waals surface area (Å²) in [6, 6.07) is 14.7. The van der Waals surface area contributed by atoms with Crippen molar-refractivity contribution in [1.82, 2.24) is 9.91 Å². The number of piperazine rings is 1. The first-order valence-corrected chi connectivity index (χ1v) is 8.57. The zero-order valence-corrected chi connectivity index (χ0v) is 14.6. The predicted octanol–water partition coefficient (Wildman–Crippen LogP) is 3.19. The molecule has 130 valence electrons. The van der Waals surface area contributed by atoms with E-state index in [0.717, 1.165) is 43.3 Å². The first kappa shape index (κ1) is 17.5. The van der Waals surface area contributed by atoms with Gasteiger partial charge in [0.25, 0.3) is 0 Å². The molecule has 0 amide bonds. The zero-order chi connectivity index (χ0) is 17.6. The van der Waals surface area contributed by atoms with Gasteiger partial charge in [-0.05, 0) is 35.4 Å². The molecule has 1 N–H and O–H groups in total. The molecular formula is C19H20ClN3O2. The largest absolute Gasteiger partial charge is 0.478 e. The number of carboxylic acids is 1. The summed E-state index contributed by atoms with van der Waals surface area (Å²) in [4.78, 5) is 13.2. The summed E-state index contributed by atoms with van der Waals surface area (Å²) in [7, 11) is 0. The minimum absolute atomic E-state index is 0.285. The van der Waals surface area contributed by atoms with Crippen LogP contribution in [-0.4, -0.2) is 53.4 Å². The second-order valence-electron chi connectivity index (χ2n) is 6.03. The number of nitrogens with zero attached hydrogens (tertiary/aromatic N) is 3. The maximum Gasteiger partial charge on any atom is 0.335 e. The first-order chi connectivity index (χ1) is 12.1. The van der Waals surface area contributed by atoms with Gasteiger partial charge in [0.15, 0.2) is 0 Å². The Morgan fingerprint density at radius 2 is 1.68 bits per heavy atom. The summed E-state index contributed by atoms with van der Waals surface area (Å²) < 4.78 is 0. The van der Waals surface area contributed by atoms with E-state index < -0.39 is 5.97 Å². The van der Waals surface area contributed by atoms with Gasteiger partial charge in [-0.1, -0.05) is 35.9 Å². The third-order valence-electron chi connectivity index (χ3n) is 4.20. The van der Waals surface area contributed by atoms with E-state index >= 15 is 0 Å². The molecule has 3 rings (SSSR count). The maximum absolute atomic E-state index is 10.8. The summed E-state index contributed by atoms with van der Waals surface area (Å²) in [5, 5.41) is 16.2. The molecule has 2 aromatic carbocycles. The quantitative estimate of drug-likeness (QED) is 0.835. The number of carboxylic acid groups (broad SMARTS) is 1. The molecule has 25 heavy (non-hydrogen) atoms. The lowest BCUT2D eigenvalue weighted by atomic mass is 10.1. The number of halogens is 1. The van der Waals surface area contributed by atoms with Crippen LogP contribution in [0.25, 0.3) is 0 Å². The molecule has 2 aromatic rings. The van der Waals surface area contributed by atoms with Gasteiger partial charge in [-0.2, -0.15) is 5.10 Å². The molecule has 1 aliphatic heterocycles. The van der Waals surface area contributed by atoms with Gasteiger partial charge >= 0.3 is 5.97 Å². The number of aromatic carboxylic acids is 1. The molecule has 0 saturated carbocycles. The number of rotatable bonds is 5. The molecule has 0 atom stereocenters. The fourth-order valence-electron chi connectivity index (χ4n) is 2.72. The molecule has 0 spiro atoms. The van der Waals surface area contributed by atoms with Gasteiger partial charge in [-0.3, -0.25) is 9.91 Å². The molecule has 1 aliphatic rings. The zero-order valence-electron chi connectivity index (χ0n) is 13.8. The van der Waals surface area contributed by atoms with Gasteiger partial charge < -0.3 is 5.11 Å². The Labute approximate surface area is 152 Å². The van der Waals surface area contributed by atoms with Gasteiger partial charge in [0.2, 0.25) is 0 Å². The lowest BCUT2D eigenvalue weighted by molar-refractivity contribution is 0.0697. The van der Waals surface area contributed by atoms with Crippen molar-refractivity contribution in [1.29, 1.82) is 0 Å². The molecule has 6 heteroatoms. The number of hydrogen-bond donors (Lipinski definition) is 1. The van der Waals surface area contributed by atoms with Gasteiger partial charge in [0, 0.05) is 37.7 Å². The van der Waals surface area contributed by atoms with Crippen molar-refractivity contribution in [2.45, 2.75) is 6.54 Å². The number of hydrazone groups is 1. The summed E-state index contributed by atoms with van der Waals surface area (Å²) in [5.41, 5.74) is 2.45. The molecule has 0 aromatic heterocycles. The van der Waals surface area contributed by atoms with Crippen LogP contribution in [0.2, 0.25) is 5.02 Å². The minimum Gasteiger partial charge on any atom is -0.478 e. The van der Waals surface area contributed by atoms with Crippen LogP contribution >= 0.6 is 11.6 Å². The van der Waals surface area contributed by atoms with Crippen molar-refractivity contribution >= 4 is 23.8 Å². The highest BCUT2D eigenvalue weighted by atomic mass is 35.5. The average Bonchev–Trinajstić information content (AvgIpc) is 2.63. The topological polar surface area (TPSA) is 56.1 Å². The van der Waals surface area contributed by atoms with Crippen LogP contribution in [0.15, 0.2) is 53.6 Å². The fraction of sp³-hybridized carbons (Fsp3) is 0.263. The minimum atomic E-state index is -0.916. The first-order valence-electron chi connectivity index (χ1n) is 8.19. The Balaban J connectivity index is 1.48. The van der Waals surface area contributed by atoms with Gasteiger partial charge in [0.1, 0.15) is 0 Å². The third kappa shape index (κ3) is 5.05. The van der Waals surface area contributed by atoms with Crippen LogP contribution in [-0.2, 0) is 6.54 Å². The molecule has 1 heterocycles. The van der Waals surface area contributed by atoms with Crippen LogP contribution in [0.5, 0.6) is 0 Å². The molecule has 0 bridgehead atoms. The highest BCUT2D eigenvalue weighted by Gasteiger charge is 2.15.